The van der Waals surface area contributed by atoms with E-state index < -0.39 is 0 Å². The monoisotopic (exact) mass is 385 g/mol. The summed E-state index contributed by atoms with van der Waals surface area (Å²) >= 11 is 0. The van der Waals surface area contributed by atoms with Crippen LogP contribution in [0.2, 0.25) is 0 Å². The van der Waals surface area contributed by atoms with Gasteiger partial charge < -0.3 is 5.32 Å². The van der Waals surface area contributed by atoms with Crippen molar-refractivity contribution in [2.45, 2.75) is 84.5 Å². The predicted octanol–water partition coefficient (Wildman–Crippen LogP) is 5.41. The maximum absolute atomic E-state index is 12.4. The fraction of sp³-hybridized carbons (Fsp3) is 0.609. The normalized spacial score (nSPS) is 15.3. The minimum atomic E-state index is -0.0439. The third-order valence-electron chi connectivity index (χ3n) is 5.38. The quantitative estimate of drug-likeness (QED) is 0.321. The van der Waals surface area contributed by atoms with E-state index in [1.54, 1.807) is 0 Å². The Morgan fingerprint density at radius 3 is 2.57 bits per heavy atom. The molecule has 0 heterocycles. The van der Waals surface area contributed by atoms with Gasteiger partial charge in [-0.1, -0.05) is 64.0 Å². The molecule has 1 aromatic carbocycles. The zero-order chi connectivity index (χ0) is 20.2. The smallest absolute Gasteiger partial charge is 0.240 e. The summed E-state index contributed by atoms with van der Waals surface area (Å²) in [6, 6.07) is 7.65. The molecule has 0 radical (unpaired) electrons. The summed E-state index contributed by atoms with van der Waals surface area (Å²) in [5.74, 6) is 0.198. The Kier molecular flexibility index (Phi) is 9.73. The van der Waals surface area contributed by atoms with Crippen LogP contribution in [0.25, 0.3) is 0 Å². The molecule has 5 nitrogen and oxygen atoms in total. The maximum atomic E-state index is 12.4. The number of amides is 2. The van der Waals surface area contributed by atoms with Crippen molar-refractivity contribution in [2.75, 3.05) is 5.32 Å². The fourth-order valence-electron chi connectivity index (χ4n) is 3.59. The summed E-state index contributed by atoms with van der Waals surface area (Å²) in [6.45, 7) is 4.05. The second-order valence-electron chi connectivity index (χ2n) is 7.80. The van der Waals surface area contributed by atoms with Crippen molar-refractivity contribution in [2.24, 2.45) is 11.0 Å². The Hall–Kier alpha value is -2.17. The second-order valence-corrected chi connectivity index (χ2v) is 7.80. The van der Waals surface area contributed by atoms with Crippen molar-refractivity contribution in [3.63, 3.8) is 0 Å². The number of anilines is 1. The van der Waals surface area contributed by atoms with E-state index in [9.17, 15) is 9.59 Å². The highest BCUT2D eigenvalue weighted by atomic mass is 16.2. The Balaban J connectivity index is 1.83. The van der Waals surface area contributed by atoms with E-state index in [0.717, 1.165) is 55.5 Å². The molecule has 28 heavy (non-hydrogen) atoms. The predicted molar refractivity (Wildman–Crippen MR) is 115 cm³/mol. The number of rotatable bonds is 10. The molecular formula is C23H35N3O2. The first-order chi connectivity index (χ1) is 13.6. The molecule has 1 aliphatic rings. The third kappa shape index (κ3) is 7.83. The number of unbranched alkanes of at least 4 members (excludes halogenated alkanes) is 4. The lowest BCUT2D eigenvalue weighted by Gasteiger charge is -2.20. The molecule has 0 aliphatic heterocycles. The number of nitrogens with zero attached hydrogens (tertiary/aromatic N) is 1. The van der Waals surface area contributed by atoms with Crippen molar-refractivity contribution in [1.82, 2.24) is 5.43 Å². The van der Waals surface area contributed by atoms with Crippen molar-refractivity contribution < 1.29 is 9.59 Å². The molecule has 154 valence electrons. The van der Waals surface area contributed by atoms with Crippen molar-refractivity contribution in [3.8, 4) is 0 Å². The van der Waals surface area contributed by atoms with E-state index in [-0.39, 0.29) is 17.7 Å². The van der Waals surface area contributed by atoms with Gasteiger partial charge in [0.05, 0.1) is 5.71 Å². The average Bonchev–Trinajstić information content (AvgIpc) is 2.72. The molecule has 1 aliphatic carbocycles. The van der Waals surface area contributed by atoms with E-state index in [1.165, 1.54) is 25.7 Å². The molecule has 1 fully saturated rings. The molecule has 0 atom stereocenters. The van der Waals surface area contributed by atoms with Crippen LogP contribution < -0.4 is 10.7 Å². The van der Waals surface area contributed by atoms with Crippen LogP contribution in [0.4, 0.5) is 5.69 Å². The minimum absolute atomic E-state index is 0.0439. The molecular weight excluding hydrogens is 350 g/mol. The summed E-state index contributed by atoms with van der Waals surface area (Å²) < 4.78 is 0. The first kappa shape index (κ1) is 22.1. The molecule has 0 spiro atoms. The van der Waals surface area contributed by atoms with Gasteiger partial charge in [0, 0.05) is 18.0 Å². The molecule has 0 unspecified atom stereocenters. The Bertz CT molecular complexity index is 664. The summed E-state index contributed by atoms with van der Waals surface area (Å²) in [5.41, 5.74) is 5.05. The summed E-state index contributed by atoms with van der Waals surface area (Å²) in [4.78, 5) is 24.4. The Morgan fingerprint density at radius 2 is 1.82 bits per heavy atom. The van der Waals surface area contributed by atoms with Gasteiger partial charge >= 0.3 is 0 Å². The number of hydrogen-bond donors (Lipinski definition) is 2. The molecule has 0 saturated heterocycles. The van der Waals surface area contributed by atoms with E-state index in [1.807, 2.05) is 31.2 Å². The molecule has 1 saturated carbocycles. The van der Waals surface area contributed by atoms with Crippen LogP contribution in [-0.4, -0.2) is 17.5 Å². The van der Waals surface area contributed by atoms with Gasteiger partial charge in [0.1, 0.15) is 0 Å². The topological polar surface area (TPSA) is 70.6 Å². The van der Waals surface area contributed by atoms with Crippen LogP contribution in [0.15, 0.2) is 29.4 Å². The van der Waals surface area contributed by atoms with Gasteiger partial charge in [-0.2, -0.15) is 5.10 Å². The number of carbonyl (C=O) groups excluding carboxylic acids is 2. The fourth-order valence-corrected chi connectivity index (χ4v) is 3.59. The molecule has 1 aromatic rings. The largest absolute Gasteiger partial charge is 0.326 e. The van der Waals surface area contributed by atoms with Gasteiger partial charge in [0.2, 0.25) is 11.8 Å². The molecule has 2 amide bonds. The lowest BCUT2D eigenvalue weighted by Crippen LogP contribution is -2.24. The van der Waals surface area contributed by atoms with Gasteiger partial charge in [-0.3, -0.25) is 9.59 Å². The summed E-state index contributed by atoms with van der Waals surface area (Å²) in [6.07, 6.45) is 11.6. The molecule has 5 heteroatoms. The lowest BCUT2D eigenvalue weighted by molar-refractivity contribution is -0.121. The number of benzene rings is 1. The van der Waals surface area contributed by atoms with Crippen molar-refractivity contribution >= 4 is 23.2 Å². The van der Waals surface area contributed by atoms with E-state index in [2.05, 4.69) is 22.8 Å². The zero-order valence-electron chi connectivity index (χ0n) is 17.4. The second kappa shape index (κ2) is 12.3. The van der Waals surface area contributed by atoms with E-state index in [4.69, 9.17) is 0 Å². The third-order valence-corrected chi connectivity index (χ3v) is 5.38. The Morgan fingerprint density at radius 1 is 1.07 bits per heavy atom. The highest BCUT2D eigenvalue weighted by Crippen LogP contribution is 2.25. The first-order valence-electron chi connectivity index (χ1n) is 10.8. The average molecular weight is 386 g/mol. The first-order valence-corrected chi connectivity index (χ1v) is 10.8. The van der Waals surface area contributed by atoms with Gasteiger partial charge in [-0.05, 0) is 43.9 Å². The highest BCUT2D eigenvalue weighted by Gasteiger charge is 2.21. The van der Waals surface area contributed by atoms with Gasteiger partial charge in [-0.15, -0.1) is 0 Å². The van der Waals surface area contributed by atoms with Crippen molar-refractivity contribution in [3.05, 3.63) is 29.8 Å². The maximum Gasteiger partial charge on any atom is 0.240 e. The molecule has 2 N–H and O–H groups in total. The molecule has 2 rings (SSSR count). The van der Waals surface area contributed by atoms with Gasteiger partial charge in [0.15, 0.2) is 0 Å². The van der Waals surface area contributed by atoms with Crippen LogP contribution in [-0.2, 0) is 9.59 Å². The summed E-state index contributed by atoms with van der Waals surface area (Å²) in [7, 11) is 0. The zero-order valence-corrected chi connectivity index (χ0v) is 17.4. The minimum Gasteiger partial charge on any atom is -0.326 e. The molecule has 0 aromatic heterocycles. The molecule has 0 bridgehead atoms. The lowest BCUT2D eigenvalue weighted by atomic mass is 9.88. The van der Waals surface area contributed by atoms with Crippen LogP contribution in [0.5, 0.6) is 0 Å². The van der Waals surface area contributed by atoms with E-state index in [0.29, 0.717) is 6.42 Å². The highest BCUT2D eigenvalue weighted by molar-refractivity contribution is 6.01. The van der Waals surface area contributed by atoms with E-state index >= 15 is 0 Å². The van der Waals surface area contributed by atoms with Crippen LogP contribution >= 0.6 is 0 Å². The SMILES string of the molecule is CCCCCCCC(=O)N/N=C(/C)c1cccc(NC(=O)C2CCCCC2)c1. The number of nitrogens with one attached hydrogen (secondary N) is 2. The Labute approximate surface area is 169 Å². The van der Waals surface area contributed by atoms with Crippen molar-refractivity contribution in [1.29, 1.82) is 0 Å². The number of carbonyl (C=O) groups is 2. The number of hydrazone groups is 1. The summed E-state index contributed by atoms with van der Waals surface area (Å²) in [5, 5.41) is 7.26. The van der Waals surface area contributed by atoms with Gasteiger partial charge in [-0.25, -0.2) is 5.43 Å². The van der Waals surface area contributed by atoms with Crippen LogP contribution in [0, 0.1) is 5.92 Å². The standard InChI is InChI=1S/C23H35N3O2/c1-3-4-5-6-10-16-22(27)26-25-18(2)20-14-11-15-21(17-20)24-23(28)19-12-8-7-9-13-19/h11,14-15,17,19H,3-10,12-13,16H2,1-2H3,(H,24,28)(H,26,27)/b25-18-. The van der Waals surface area contributed by atoms with Gasteiger partial charge in [0.25, 0.3) is 0 Å². The van der Waals surface area contributed by atoms with Crippen LogP contribution in [0.3, 0.4) is 0 Å². The number of hydrogen-bond acceptors (Lipinski definition) is 3. The van der Waals surface area contributed by atoms with Crippen LogP contribution in [0.1, 0.15) is 90.0 Å².